The standard InChI is InChI=1S/C27H28ClN7O2.C2HF3O2/c1-17(26(36)30-15-22-13-23(28)8-9-25(22)35-16-31-33-34-35)32-27(37)24-12-19(14-29-24)10-18-6-7-20-4-2-3-5-21(20)11-18;3-2(4,5)1(6)7/h2-9,11,13,16-17,19,24,29H,10,12,14-15H2,1H3,(H,30,36)(H,32,37);(H,6,7)/t17-,19-,24+;/m0./s1. The van der Waals surface area contributed by atoms with Crippen molar-refractivity contribution in [3.63, 3.8) is 0 Å². The fourth-order valence-corrected chi connectivity index (χ4v) is 4.96. The number of fused-ring (bicyclic) bond motifs is 1. The van der Waals surface area contributed by atoms with Crippen molar-refractivity contribution in [1.82, 2.24) is 36.2 Å². The van der Waals surface area contributed by atoms with E-state index in [0.717, 1.165) is 24.9 Å². The minimum absolute atomic E-state index is 0.166. The van der Waals surface area contributed by atoms with Gasteiger partial charge in [-0.15, -0.1) is 5.10 Å². The molecule has 11 nitrogen and oxygen atoms in total. The number of alkyl halides is 3. The SMILES string of the molecule is C[C@H](NC(=O)[C@H]1C[C@H](Cc2ccc3ccccc3c2)CN1)C(=O)NCc1cc(Cl)ccc1-n1cnnn1.O=C(O)C(F)(F)F. The highest BCUT2D eigenvalue weighted by Gasteiger charge is 2.38. The first kappa shape index (κ1) is 32.4. The first-order valence-corrected chi connectivity index (χ1v) is 13.9. The van der Waals surface area contributed by atoms with Crippen LogP contribution in [-0.4, -0.2) is 67.9 Å². The maximum Gasteiger partial charge on any atom is 0.490 e. The highest BCUT2D eigenvalue weighted by Crippen LogP contribution is 2.23. The highest BCUT2D eigenvalue weighted by molar-refractivity contribution is 6.30. The number of benzene rings is 3. The van der Waals surface area contributed by atoms with Crippen LogP contribution in [-0.2, 0) is 27.3 Å². The van der Waals surface area contributed by atoms with E-state index < -0.39 is 18.2 Å². The lowest BCUT2D eigenvalue weighted by molar-refractivity contribution is -0.192. The number of carbonyl (C=O) groups excluding carboxylic acids is 2. The average molecular weight is 632 g/mol. The number of halogens is 4. The average Bonchev–Trinajstić information content (AvgIpc) is 3.69. The fraction of sp³-hybridized carbons (Fsp3) is 0.310. The zero-order valence-corrected chi connectivity index (χ0v) is 24.1. The molecule has 1 aromatic heterocycles. The molecular formula is C29H29ClF3N7O4. The highest BCUT2D eigenvalue weighted by atomic mass is 35.5. The van der Waals surface area contributed by atoms with Crippen LogP contribution in [0.25, 0.3) is 16.5 Å². The van der Waals surface area contributed by atoms with Crippen molar-refractivity contribution in [3.05, 3.63) is 83.1 Å². The minimum atomic E-state index is -5.08. The maximum atomic E-state index is 12.9. The molecule has 0 unspecified atom stereocenters. The van der Waals surface area contributed by atoms with Crippen LogP contribution >= 0.6 is 11.6 Å². The molecule has 1 fully saturated rings. The first-order valence-electron chi connectivity index (χ1n) is 13.5. The van der Waals surface area contributed by atoms with Gasteiger partial charge in [0.2, 0.25) is 11.8 Å². The van der Waals surface area contributed by atoms with E-state index in [9.17, 15) is 22.8 Å². The number of aromatic nitrogens is 4. The van der Waals surface area contributed by atoms with Crippen LogP contribution in [0, 0.1) is 5.92 Å². The molecule has 0 bridgehead atoms. The second-order valence-electron chi connectivity index (χ2n) is 10.2. The van der Waals surface area contributed by atoms with Gasteiger partial charge in [0.15, 0.2) is 0 Å². The van der Waals surface area contributed by atoms with Crippen molar-refractivity contribution in [2.24, 2.45) is 5.92 Å². The number of nitrogens with one attached hydrogen (secondary N) is 3. The van der Waals surface area contributed by atoms with Crippen LogP contribution in [0.2, 0.25) is 5.02 Å². The lowest BCUT2D eigenvalue weighted by atomic mass is 9.95. The third-order valence-electron chi connectivity index (χ3n) is 6.96. The number of rotatable bonds is 8. The molecule has 4 N–H and O–H groups in total. The number of carboxylic acid groups (broad SMARTS) is 1. The van der Waals surface area contributed by atoms with E-state index in [2.05, 4.69) is 61.8 Å². The number of hydrogen-bond acceptors (Lipinski definition) is 7. The van der Waals surface area contributed by atoms with Crippen molar-refractivity contribution in [2.45, 2.75) is 44.6 Å². The van der Waals surface area contributed by atoms with Gasteiger partial charge in [0.1, 0.15) is 12.4 Å². The lowest BCUT2D eigenvalue weighted by Crippen LogP contribution is -2.50. The van der Waals surface area contributed by atoms with Gasteiger partial charge in [-0.05, 0) is 82.8 Å². The van der Waals surface area contributed by atoms with E-state index in [1.54, 1.807) is 25.1 Å². The van der Waals surface area contributed by atoms with E-state index in [1.165, 1.54) is 27.3 Å². The Kier molecular flexibility index (Phi) is 10.5. The van der Waals surface area contributed by atoms with Crippen molar-refractivity contribution in [1.29, 1.82) is 0 Å². The maximum absolute atomic E-state index is 12.9. The number of aliphatic carboxylic acids is 1. The Labute approximate surface area is 254 Å². The van der Waals surface area contributed by atoms with E-state index in [-0.39, 0.29) is 24.4 Å². The van der Waals surface area contributed by atoms with Crippen LogP contribution < -0.4 is 16.0 Å². The van der Waals surface area contributed by atoms with Gasteiger partial charge in [-0.2, -0.15) is 13.2 Å². The Hall–Kier alpha value is -4.56. The van der Waals surface area contributed by atoms with Gasteiger partial charge >= 0.3 is 12.1 Å². The van der Waals surface area contributed by atoms with Gasteiger partial charge in [0, 0.05) is 11.6 Å². The molecule has 3 aromatic carbocycles. The summed E-state index contributed by atoms with van der Waals surface area (Å²) in [5.74, 6) is -2.86. The molecule has 1 saturated heterocycles. The van der Waals surface area contributed by atoms with E-state index >= 15 is 0 Å². The molecule has 232 valence electrons. The number of nitrogens with zero attached hydrogens (tertiary/aromatic N) is 4. The van der Waals surface area contributed by atoms with Gasteiger partial charge in [-0.25, -0.2) is 9.48 Å². The zero-order valence-electron chi connectivity index (χ0n) is 23.4. The topological polar surface area (TPSA) is 151 Å². The molecule has 2 amide bonds. The summed E-state index contributed by atoms with van der Waals surface area (Å²) in [5.41, 5.74) is 2.72. The van der Waals surface area contributed by atoms with Gasteiger partial charge < -0.3 is 21.1 Å². The molecule has 3 atom stereocenters. The third-order valence-corrected chi connectivity index (χ3v) is 7.20. The largest absolute Gasteiger partial charge is 0.490 e. The van der Waals surface area contributed by atoms with Gasteiger partial charge in [0.25, 0.3) is 0 Å². The number of tetrazole rings is 1. The summed E-state index contributed by atoms with van der Waals surface area (Å²) >= 11 is 6.15. The van der Waals surface area contributed by atoms with Crippen molar-refractivity contribution >= 4 is 40.2 Å². The molecule has 1 aliphatic rings. The predicted molar refractivity (Wildman–Crippen MR) is 155 cm³/mol. The second kappa shape index (κ2) is 14.3. The summed E-state index contributed by atoms with van der Waals surface area (Å²) < 4.78 is 33.2. The minimum Gasteiger partial charge on any atom is -0.475 e. The zero-order chi connectivity index (χ0) is 31.9. The number of carboxylic acids is 1. The van der Waals surface area contributed by atoms with Gasteiger partial charge in [0.05, 0.1) is 11.7 Å². The molecular weight excluding hydrogens is 603 g/mol. The van der Waals surface area contributed by atoms with E-state index in [1.807, 2.05) is 12.1 Å². The Morgan fingerprint density at radius 2 is 1.84 bits per heavy atom. The molecule has 4 aromatic rings. The van der Waals surface area contributed by atoms with Gasteiger partial charge in [-0.1, -0.05) is 54.1 Å². The monoisotopic (exact) mass is 631 g/mol. The molecule has 0 saturated carbocycles. The van der Waals surface area contributed by atoms with E-state index in [0.29, 0.717) is 16.6 Å². The van der Waals surface area contributed by atoms with Crippen molar-refractivity contribution < 1.29 is 32.7 Å². The van der Waals surface area contributed by atoms with Crippen molar-refractivity contribution in [2.75, 3.05) is 6.54 Å². The number of hydrogen-bond donors (Lipinski definition) is 4. The molecule has 0 radical (unpaired) electrons. The molecule has 5 rings (SSSR count). The summed E-state index contributed by atoms with van der Waals surface area (Å²) in [6.45, 7) is 2.65. The Bertz CT molecular complexity index is 1620. The summed E-state index contributed by atoms with van der Waals surface area (Å²) in [7, 11) is 0. The number of amides is 2. The number of carbonyl (C=O) groups is 3. The molecule has 1 aliphatic heterocycles. The molecule has 15 heteroatoms. The van der Waals surface area contributed by atoms with Gasteiger partial charge in [-0.3, -0.25) is 9.59 Å². The quantitative estimate of drug-likeness (QED) is 0.231. The molecule has 44 heavy (non-hydrogen) atoms. The van der Waals surface area contributed by atoms with Crippen LogP contribution in [0.4, 0.5) is 13.2 Å². The summed E-state index contributed by atoms with van der Waals surface area (Å²) in [4.78, 5) is 34.5. The Morgan fingerprint density at radius 1 is 1.11 bits per heavy atom. The van der Waals surface area contributed by atoms with Crippen LogP contribution in [0.3, 0.4) is 0 Å². The van der Waals surface area contributed by atoms with Crippen LogP contribution in [0.1, 0.15) is 24.5 Å². The second-order valence-corrected chi connectivity index (χ2v) is 10.7. The Balaban J connectivity index is 0.000000566. The Morgan fingerprint density at radius 3 is 2.52 bits per heavy atom. The normalized spacial score (nSPS) is 16.9. The van der Waals surface area contributed by atoms with Crippen molar-refractivity contribution in [3.8, 4) is 5.69 Å². The predicted octanol–water partition coefficient (Wildman–Crippen LogP) is 3.44. The molecule has 0 spiro atoms. The molecule has 0 aliphatic carbocycles. The van der Waals surface area contributed by atoms with Crippen LogP contribution in [0.15, 0.2) is 67.0 Å². The summed E-state index contributed by atoms with van der Waals surface area (Å²) in [6.07, 6.45) is -1.98. The summed E-state index contributed by atoms with van der Waals surface area (Å²) in [5, 5.41) is 30.3. The molecule has 2 heterocycles. The fourth-order valence-electron chi connectivity index (χ4n) is 4.77. The lowest BCUT2D eigenvalue weighted by Gasteiger charge is -2.18. The van der Waals surface area contributed by atoms with E-state index in [4.69, 9.17) is 21.5 Å². The summed E-state index contributed by atoms with van der Waals surface area (Å²) in [6, 6.07) is 19.1. The first-order chi connectivity index (χ1) is 20.9. The van der Waals surface area contributed by atoms with Crippen LogP contribution in [0.5, 0.6) is 0 Å². The third kappa shape index (κ3) is 8.74. The smallest absolute Gasteiger partial charge is 0.475 e.